The zero-order chi connectivity index (χ0) is 10.1. The SMILES string of the molecule is N#CCc1sc2ccc(I)cc2c1S. The summed E-state index contributed by atoms with van der Waals surface area (Å²) in [5, 5.41) is 9.81. The molecule has 0 N–H and O–H groups in total. The first-order valence-corrected chi connectivity index (χ1v) is 6.33. The Balaban J connectivity index is 2.69. The summed E-state index contributed by atoms with van der Waals surface area (Å²) in [5.41, 5.74) is 0. The zero-order valence-electron chi connectivity index (χ0n) is 7.12. The third-order valence-corrected chi connectivity index (χ3v) is 4.44. The highest BCUT2D eigenvalue weighted by molar-refractivity contribution is 14.1. The Bertz CT molecular complexity index is 525. The minimum Gasteiger partial charge on any atom is -0.198 e. The van der Waals surface area contributed by atoms with Gasteiger partial charge in [0, 0.05) is 23.4 Å². The van der Waals surface area contributed by atoms with Crippen LogP contribution in [-0.2, 0) is 6.42 Å². The number of rotatable bonds is 1. The Kier molecular flexibility index (Phi) is 3.00. The van der Waals surface area contributed by atoms with Gasteiger partial charge in [-0.05, 0) is 40.8 Å². The number of nitrogens with zero attached hydrogens (tertiary/aromatic N) is 1. The van der Waals surface area contributed by atoms with Crippen LogP contribution in [-0.4, -0.2) is 0 Å². The second-order valence-electron chi connectivity index (χ2n) is 2.85. The second-order valence-corrected chi connectivity index (χ2v) is 5.68. The Hall–Kier alpha value is -0.250. The summed E-state index contributed by atoms with van der Waals surface area (Å²) in [7, 11) is 0. The summed E-state index contributed by atoms with van der Waals surface area (Å²) < 4.78 is 2.41. The number of fused-ring (bicyclic) bond motifs is 1. The second kappa shape index (κ2) is 4.09. The summed E-state index contributed by atoms with van der Waals surface area (Å²) in [6.07, 6.45) is 0.453. The van der Waals surface area contributed by atoms with Crippen molar-refractivity contribution in [3.8, 4) is 6.07 Å². The Labute approximate surface area is 105 Å². The van der Waals surface area contributed by atoms with Crippen LogP contribution in [0.3, 0.4) is 0 Å². The van der Waals surface area contributed by atoms with Crippen LogP contribution in [0.2, 0.25) is 0 Å². The predicted molar refractivity (Wildman–Crippen MR) is 71.1 cm³/mol. The smallest absolute Gasteiger partial charge is 0.0707 e. The Morgan fingerprint density at radius 2 is 2.29 bits per heavy atom. The van der Waals surface area contributed by atoms with Crippen molar-refractivity contribution >= 4 is 56.6 Å². The van der Waals surface area contributed by atoms with Crippen LogP contribution in [0.4, 0.5) is 0 Å². The van der Waals surface area contributed by atoms with Gasteiger partial charge in [-0.15, -0.1) is 24.0 Å². The first kappa shape index (κ1) is 10.3. The molecule has 0 aliphatic heterocycles. The lowest BCUT2D eigenvalue weighted by atomic mass is 10.2. The van der Waals surface area contributed by atoms with Crippen molar-refractivity contribution in [2.45, 2.75) is 11.3 Å². The van der Waals surface area contributed by atoms with Crippen molar-refractivity contribution in [2.75, 3.05) is 0 Å². The van der Waals surface area contributed by atoms with Crippen LogP contribution in [0.25, 0.3) is 10.1 Å². The fourth-order valence-electron chi connectivity index (χ4n) is 1.30. The summed E-state index contributed by atoms with van der Waals surface area (Å²) in [6.45, 7) is 0. The molecule has 0 bridgehead atoms. The third kappa shape index (κ3) is 1.76. The number of nitriles is 1. The average molecular weight is 331 g/mol. The van der Waals surface area contributed by atoms with Gasteiger partial charge >= 0.3 is 0 Å². The van der Waals surface area contributed by atoms with Gasteiger partial charge in [-0.3, -0.25) is 0 Å². The monoisotopic (exact) mass is 331 g/mol. The molecule has 0 aliphatic rings. The van der Waals surface area contributed by atoms with Crippen LogP contribution in [0.15, 0.2) is 23.1 Å². The van der Waals surface area contributed by atoms with Crippen molar-refractivity contribution in [2.24, 2.45) is 0 Å². The van der Waals surface area contributed by atoms with Gasteiger partial charge in [0.05, 0.1) is 12.5 Å². The highest BCUT2D eigenvalue weighted by Gasteiger charge is 2.08. The lowest BCUT2D eigenvalue weighted by molar-refractivity contribution is 1.27. The van der Waals surface area contributed by atoms with E-state index in [1.807, 2.05) is 0 Å². The largest absolute Gasteiger partial charge is 0.198 e. The van der Waals surface area contributed by atoms with Crippen LogP contribution in [0, 0.1) is 14.9 Å². The zero-order valence-corrected chi connectivity index (χ0v) is 11.0. The van der Waals surface area contributed by atoms with Crippen LogP contribution < -0.4 is 0 Å². The van der Waals surface area contributed by atoms with Gasteiger partial charge in [0.25, 0.3) is 0 Å². The Morgan fingerprint density at radius 3 is 3.00 bits per heavy atom. The molecular weight excluding hydrogens is 325 g/mol. The van der Waals surface area contributed by atoms with Gasteiger partial charge in [-0.1, -0.05) is 0 Å². The van der Waals surface area contributed by atoms with E-state index >= 15 is 0 Å². The minimum atomic E-state index is 0.453. The number of halogens is 1. The van der Waals surface area contributed by atoms with Gasteiger partial charge in [0.2, 0.25) is 0 Å². The van der Waals surface area contributed by atoms with E-state index in [4.69, 9.17) is 5.26 Å². The van der Waals surface area contributed by atoms with Crippen molar-refractivity contribution in [3.63, 3.8) is 0 Å². The summed E-state index contributed by atoms with van der Waals surface area (Å²) in [4.78, 5) is 2.03. The molecule has 0 aliphatic carbocycles. The molecule has 0 atom stereocenters. The lowest BCUT2D eigenvalue weighted by Crippen LogP contribution is -1.74. The number of benzene rings is 1. The highest BCUT2D eigenvalue weighted by Crippen LogP contribution is 2.34. The molecule has 1 aromatic carbocycles. The Morgan fingerprint density at radius 1 is 1.50 bits per heavy atom. The van der Waals surface area contributed by atoms with Crippen molar-refractivity contribution in [1.29, 1.82) is 5.26 Å². The molecular formula is C10H6INS2. The molecule has 1 nitrogen and oxygen atoms in total. The summed E-state index contributed by atoms with van der Waals surface area (Å²) in [6, 6.07) is 8.42. The quantitative estimate of drug-likeness (QED) is 0.623. The molecule has 0 radical (unpaired) electrons. The molecule has 1 aromatic heterocycles. The fraction of sp³-hybridized carbons (Fsp3) is 0.100. The number of hydrogen-bond acceptors (Lipinski definition) is 3. The lowest BCUT2D eigenvalue weighted by Gasteiger charge is -1.92. The van der Waals surface area contributed by atoms with E-state index in [1.165, 1.54) is 8.27 Å². The summed E-state index contributed by atoms with van der Waals surface area (Å²) in [5.74, 6) is 0. The van der Waals surface area contributed by atoms with Gasteiger partial charge in [-0.25, -0.2) is 0 Å². The molecule has 0 spiro atoms. The van der Waals surface area contributed by atoms with E-state index in [9.17, 15) is 0 Å². The van der Waals surface area contributed by atoms with E-state index in [0.717, 1.165) is 15.2 Å². The maximum absolute atomic E-state index is 8.65. The third-order valence-electron chi connectivity index (χ3n) is 1.93. The highest BCUT2D eigenvalue weighted by atomic mass is 127. The van der Waals surface area contributed by atoms with Crippen molar-refractivity contribution in [3.05, 3.63) is 26.6 Å². The standard InChI is InChI=1S/C10H6INS2/c11-6-1-2-8-7(5-6)10(13)9(14-8)3-4-12/h1-2,5,13H,3H2. The van der Waals surface area contributed by atoms with Crippen LogP contribution in [0.1, 0.15) is 4.88 Å². The van der Waals surface area contributed by atoms with Crippen LogP contribution >= 0.6 is 46.6 Å². The number of hydrogen-bond donors (Lipinski definition) is 1. The fourth-order valence-corrected chi connectivity index (χ4v) is 3.28. The molecule has 0 amide bonds. The van der Waals surface area contributed by atoms with E-state index in [0.29, 0.717) is 6.42 Å². The minimum absolute atomic E-state index is 0.453. The molecule has 4 heteroatoms. The van der Waals surface area contributed by atoms with E-state index in [1.54, 1.807) is 11.3 Å². The predicted octanol–water partition coefficient (Wildman–Crippen LogP) is 3.86. The van der Waals surface area contributed by atoms with E-state index in [2.05, 4.69) is 59.5 Å². The maximum Gasteiger partial charge on any atom is 0.0707 e. The maximum atomic E-state index is 8.65. The van der Waals surface area contributed by atoms with E-state index in [-0.39, 0.29) is 0 Å². The van der Waals surface area contributed by atoms with Crippen molar-refractivity contribution < 1.29 is 0 Å². The molecule has 0 saturated heterocycles. The van der Waals surface area contributed by atoms with Gasteiger partial charge in [0.1, 0.15) is 0 Å². The molecule has 2 aromatic rings. The first-order valence-electron chi connectivity index (χ1n) is 3.99. The molecule has 2 rings (SSSR count). The van der Waals surface area contributed by atoms with Crippen LogP contribution in [0.5, 0.6) is 0 Å². The molecule has 0 saturated carbocycles. The van der Waals surface area contributed by atoms with Gasteiger partial charge < -0.3 is 0 Å². The average Bonchev–Trinajstić information content (AvgIpc) is 2.46. The van der Waals surface area contributed by atoms with Crippen molar-refractivity contribution in [1.82, 2.24) is 0 Å². The first-order chi connectivity index (χ1) is 6.72. The number of thiophene rings is 1. The summed E-state index contributed by atoms with van der Waals surface area (Å²) >= 11 is 8.39. The molecule has 0 unspecified atom stereocenters. The van der Waals surface area contributed by atoms with E-state index < -0.39 is 0 Å². The normalized spacial score (nSPS) is 10.4. The van der Waals surface area contributed by atoms with Gasteiger partial charge in [-0.2, -0.15) is 5.26 Å². The topological polar surface area (TPSA) is 23.8 Å². The molecule has 70 valence electrons. The molecule has 1 heterocycles. The number of thiol groups is 1. The molecule has 14 heavy (non-hydrogen) atoms. The van der Waals surface area contributed by atoms with Gasteiger partial charge in [0.15, 0.2) is 0 Å². The molecule has 0 fully saturated rings.